The van der Waals surface area contributed by atoms with Crippen LogP contribution in [0.15, 0.2) is 12.1 Å². The molecule has 0 unspecified atom stereocenters. The molecule has 0 saturated carbocycles. The summed E-state index contributed by atoms with van der Waals surface area (Å²) < 4.78 is 62.5. The van der Waals surface area contributed by atoms with Gasteiger partial charge in [-0.15, -0.1) is 0 Å². The van der Waals surface area contributed by atoms with Crippen LogP contribution in [0.1, 0.15) is 12.8 Å². The highest BCUT2D eigenvalue weighted by Gasteiger charge is 2.48. The number of alkyl halides is 3. The molecule has 1 aromatic carbocycles. The van der Waals surface area contributed by atoms with Crippen molar-refractivity contribution in [2.45, 2.75) is 19.0 Å². The molecule has 1 fully saturated rings. The van der Waals surface area contributed by atoms with Crippen LogP contribution in [0.25, 0.3) is 0 Å². The van der Waals surface area contributed by atoms with Gasteiger partial charge in [-0.25, -0.2) is 19.0 Å². The molecular weight excluding hydrogens is 392 g/mol. The van der Waals surface area contributed by atoms with Gasteiger partial charge in [-0.1, -0.05) is 0 Å². The third-order valence-electron chi connectivity index (χ3n) is 4.27. The first-order valence-electron chi connectivity index (χ1n) is 7.84. The number of anilines is 2. The summed E-state index contributed by atoms with van der Waals surface area (Å²) in [5, 5.41) is 0. The summed E-state index contributed by atoms with van der Waals surface area (Å²) in [6, 6.07) is 1.53. The number of fused-ring (bicyclic) bond motifs is 1. The molecule has 28 heavy (non-hydrogen) atoms. The van der Waals surface area contributed by atoms with Crippen molar-refractivity contribution in [3.05, 3.63) is 17.9 Å². The fourth-order valence-electron chi connectivity index (χ4n) is 2.94. The molecule has 2 aliphatic heterocycles. The number of benzene rings is 1. The number of nitrogens with zero attached hydrogens (tertiary/aromatic N) is 2. The van der Waals surface area contributed by atoms with Crippen LogP contribution in [0.5, 0.6) is 5.75 Å². The van der Waals surface area contributed by atoms with E-state index in [0.717, 1.165) is 19.2 Å². The van der Waals surface area contributed by atoms with Gasteiger partial charge in [0.05, 0.1) is 24.4 Å². The van der Waals surface area contributed by atoms with Gasteiger partial charge < -0.3 is 9.47 Å². The lowest BCUT2D eigenvalue weighted by Gasteiger charge is -2.32. The minimum absolute atomic E-state index is 0.240. The smallest absolute Gasteiger partial charge is 0.421 e. The van der Waals surface area contributed by atoms with E-state index >= 15 is 0 Å². The molecule has 0 N–H and O–H groups in total. The summed E-state index contributed by atoms with van der Waals surface area (Å²) in [7, 11) is 0.990. The number of ether oxygens (including phenoxy) is 2. The Balaban J connectivity index is 2.03. The number of piperidine rings is 1. The van der Waals surface area contributed by atoms with Gasteiger partial charge in [0, 0.05) is 18.9 Å². The largest absolute Gasteiger partial charge is 0.481 e. The van der Waals surface area contributed by atoms with Gasteiger partial charge in [-0.2, -0.15) is 13.2 Å². The van der Waals surface area contributed by atoms with E-state index in [1.54, 1.807) is 0 Å². The minimum Gasteiger partial charge on any atom is -0.481 e. The molecular formula is C16H12F4N2O6. The first-order valence-corrected chi connectivity index (χ1v) is 7.84. The van der Waals surface area contributed by atoms with E-state index in [1.807, 2.05) is 0 Å². The Morgan fingerprint density at radius 3 is 2.25 bits per heavy atom. The van der Waals surface area contributed by atoms with Crippen LogP contribution in [0.3, 0.4) is 0 Å². The van der Waals surface area contributed by atoms with Crippen LogP contribution in [0.2, 0.25) is 0 Å². The van der Waals surface area contributed by atoms with Gasteiger partial charge >= 0.3 is 12.3 Å². The molecule has 4 amide bonds. The highest BCUT2D eigenvalue weighted by atomic mass is 19.4. The number of carbonyl (C=O) groups excluding carboxylic acids is 4. The van der Waals surface area contributed by atoms with E-state index in [-0.39, 0.29) is 16.3 Å². The van der Waals surface area contributed by atoms with Crippen molar-refractivity contribution in [3.8, 4) is 5.75 Å². The SMILES string of the molecule is COC(=O)N1C(=O)COc2cc(F)c(N3C(=O)CC(C(F)(F)F)CC3=O)cc21. The highest BCUT2D eigenvalue weighted by molar-refractivity contribution is 6.19. The quantitative estimate of drug-likeness (QED) is 0.526. The van der Waals surface area contributed by atoms with Crippen LogP contribution >= 0.6 is 0 Å². The zero-order chi connectivity index (χ0) is 20.8. The number of amides is 4. The number of hydrogen-bond acceptors (Lipinski definition) is 6. The first kappa shape index (κ1) is 19.6. The predicted molar refractivity (Wildman–Crippen MR) is 83.1 cm³/mol. The monoisotopic (exact) mass is 404 g/mol. The Labute approximate surface area is 154 Å². The van der Waals surface area contributed by atoms with Crippen LogP contribution in [-0.2, 0) is 19.1 Å². The summed E-state index contributed by atoms with van der Waals surface area (Å²) in [6.07, 6.45) is -7.96. The van der Waals surface area contributed by atoms with Gasteiger partial charge in [0.1, 0.15) is 5.75 Å². The van der Waals surface area contributed by atoms with Gasteiger partial charge in [0.15, 0.2) is 12.4 Å². The molecule has 1 saturated heterocycles. The van der Waals surface area contributed by atoms with Crippen molar-refractivity contribution >= 4 is 35.2 Å². The number of methoxy groups -OCH3 is 1. The molecule has 2 heterocycles. The summed E-state index contributed by atoms with van der Waals surface area (Å²) in [5.74, 6) is -6.93. The average molecular weight is 404 g/mol. The molecule has 1 aromatic rings. The Kier molecular flexibility index (Phi) is 4.73. The normalized spacial score (nSPS) is 18.1. The topological polar surface area (TPSA) is 93.2 Å². The van der Waals surface area contributed by atoms with E-state index in [0.29, 0.717) is 4.90 Å². The standard InChI is InChI=1S/C16H12F4N2O6/c1-27-15(26)22-10-5-9(8(17)4-11(10)28-6-14(22)25)21-12(23)2-7(3-13(21)24)16(18,19)20/h4-5,7H,2-3,6H2,1H3. The predicted octanol–water partition coefficient (Wildman–Crippen LogP) is 2.15. The van der Waals surface area contributed by atoms with E-state index in [1.165, 1.54) is 0 Å². The third kappa shape index (κ3) is 3.25. The van der Waals surface area contributed by atoms with Crippen LogP contribution in [0, 0.1) is 11.7 Å². The molecule has 0 atom stereocenters. The van der Waals surface area contributed by atoms with Crippen LogP contribution in [0.4, 0.5) is 33.7 Å². The van der Waals surface area contributed by atoms with E-state index in [9.17, 15) is 36.7 Å². The van der Waals surface area contributed by atoms with Crippen molar-refractivity contribution in [3.63, 3.8) is 0 Å². The van der Waals surface area contributed by atoms with Gasteiger partial charge in [-0.3, -0.25) is 14.4 Å². The third-order valence-corrected chi connectivity index (χ3v) is 4.27. The first-order chi connectivity index (χ1) is 13.0. The second kappa shape index (κ2) is 6.77. The Morgan fingerprint density at radius 1 is 1.11 bits per heavy atom. The second-order valence-corrected chi connectivity index (χ2v) is 6.03. The fourth-order valence-corrected chi connectivity index (χ4v) is 2.94. The van der Waals surface area contributed by atoms with Crippen molar-refractivity contribution in [2.75, 3.05) is 23.5 Å². The molecule has 150 valence electrons. The number of imide groups is 2. The molecule has 0 bridgehead atoms. The Bertz CT molecular complexity index is 867. The number of halogens is 4. The lowest BCUT2D eigenvalue weighted by Crippen LogP contribution is -2.47. The number of rotatable bonds is 1. The Hall–Kier alpha value is -3.18. The lowest BCUT2D eigenvalue weighted by atomic mass is 9.94. The molecule has 0 radical (unpaired) electrons. The zero-order valence-electron chi connectivity index (χ0n) is 14.2. The van der Waals surface area contributed by atoms with Gasteiger partial charge in [-0.05, 0) is 6.07 Å². The molecule has 0 spiro atoms. The van der Waals surface area contributed by atoms with Crippen LogP contribution < -0.4 is 14.5 Å². The van der Waals surface area contributed by atoms with Gasteiger partial charge in [0.2, 0.25) is 11.8 Å². The summed E-state index contributed by atoms with van der Waals surface area (Å²) in [4.78, 5) is 48.9. The molecule has 0 aromatic heterocycles. The molecule has 12 heteroatoms. The average Bonchev–Trinajstić information content (AvgIpc) is 2.60. The van der Waals surface area contributed by atoms with E-state index < -0.39 is 66.9 Å². The van der Waals surface area contributed by atoms with Crippen molar-refractivity contribution in [2.24, 2.45) is 5.92 Å². The summed E-state index contributed by atoms with van der Waals surface area (Å²) in [6.45, 7) is -0.588. The zero-order valence-corrected chi connectivity index (χ0v) is 14.2. The molecule has 3 rings (SSSR count). The van der Waals surface area contributed by atoms with Gasteiger partial charge in [0.25, 0.3) is 5.91 Å². The van der Waals surface area contributed by atoms with Crippen molar-refractivity contribution < 1.29 is 46.2 Å². The summed E-state index contributed by atoms with van der Waals surface area (Å²) in [5.41, 5.74) is -1.00. The summed E-state index contributed by atoms with van der Waals surface area (Å²) >= 11 is 0. The second-order valence-electron chi connectivity index (χ2n) is 6.03. The molecule has 8 nitrogen and oxygen atoms in total. The fraction of sp³-hybridized carbons (Fsp3) is 0.375. The Morgan fingerprint density at radius 2 is 1.71 bits per heavy atom. The van der Waals surface area contributed by atoms with Crippen molar-refractivity contribution in [1.29, 1.82) is 0 Å². The highest BCUT2D eigenvalue weighted by Crippen LogP contribution is 2.41. The maximum absolute atomic E-state index is 14.5. The van der Waals surface area contributed by atoms with Crippen molar-refractivity contribution in [1.82, 2.24) is 0 Å². The maximum Gasteiger partial charge on any atom is 0.421 e. The van der Waals surface area contributed by atoms with Crippen LogP contribution in [-0.4, -0.2) is 43.7 Å². The number of hydrogen-bond donors (Lipinski definition) is 0. The van der Waals surface area contributed by atoms with E-state index in [2.05, 4.69) is 4.74 Å². The number of carbonyl (C=O) groups is 4. The maximum atomic E-state index is 14.5. The molecule has 0 aliphatic carbocycles. The lowest BCUT2D eigenvalue weighted by molar-refractivity contribution is -0.185. The minimum atomic E-state index is -4.76. The van der Waals surface area contributed by atoms with E-state index in [4.69, 9.17) is 4.74 Å². The molecule has 2 aliphatic rings.